The number of hydrogen-bond donors (Lipinski definition) is 1. The molecule has 140 valence electrons. The molecular formula is C19H41NO3. The Hall–Kier alpha value is -0.160. The summed E-state index contributed by atoms with van der Waals surface area (Å²) in [4.78, 5) is 0. The van der Waals surface area contributed by atoms with Gasteiger partial charge in [0.1, 0.15) is 0 Å². The van der Waals surface area contributed by atoms with Crippen molar-refractivity contribution in [2.75, 3.05) is 19.8 Å². The van der Waals surface area contributed by atoms with Gasteiger partial charge in [-0.05, 0) is 40.0 Å². The van der Waals surface area contributed by atoms with Gasteiger partial charge in [-0.3, -0.25) is 0 Å². The van der Waals surface area contributed by atoms with Gasteiger partial charge in [0.05, 0.1) is 0 Å². The van der Waals surface area contributed by atoms with Crippen LogP contribution in [0.5, 0.6) is 0 Å². The van der Waals surface area contributed by atoms with Crippen molar-refractivity contribution in [2.24, 2.45) is 5.73 Å². The first kappa shape index (κ1) is 22.8. The van der Waals surface area contributed by atoms with Gasteiger partial charge in [-0.2, -0.15) is 0 Å². The molecular weight excluding hydrogens is 290 g/mol. The minimum Gasteiger partial charge on any atom is -0.328 e. The molecule has 1 atom stereocenters. The summed E-state index contributed by atoms with van der Waals surface area (Å²) in [5.74, 6) is -0.825. The highest BCUT2D eigenvalue weighted by atomic mass is 16.9. The summed E-state index contributed by atoms with van der Waals surface area (Å²) in [6, 6.07) is 0.402. The van der Waals surface area contributed by atoms with E-state index in [1.165, 1.54) is 44.9 Å². The summed E-state index contributed by atoms with van der Waals surface area (Å²) in [6.45, 7) is 9.95. The third-order valence-corrected chi connectivity index (χ3v) is 4.18. The molecule has 0 aromatic carbocycles. The molecule has 0 aromatic heterocycles. The molecule has 1 unspecified atom stereocenters. The quantitative estimate of drug-likeness (QED) is 0.301. The van der Waals surface area contributed by atoms with Crippen LogP contribution in [0.25, 0.3) is 0 Å². The molecule has 0 aromatic rings. The minimum absolute atomic E-state index is 0.402. The summed E-state index contributed by atoms with van der Waals surface area (Å²) in [5.41, 5.74) is 5.93. The molecule has 4 heteroatoms. The fourth-order valence-corrected chi connectivity index (χ4v) is 2.84. The van der Waals surface area contributed by atoms with Crippen molar-refractivity contribution < 1.29 is 14.2 Å². The van der Waals surface area contributed by atoms with Crippen molar-refractivity contribution >= 4 is 0 Å². The van der Waals surface area contributed by atoms with E-state index in [1.807, 2.05) is 20.8 Å². The normalized spacial score (nSPS) is 13.4. The Morgan fingerprint density at radius 3 is 1.57 bits per heavy atom. The second-order valence-electron chi connectivity index (χ2n) is 6.16. The predicted molar refractivity (Wildman–Crippen MR) is 97.4 cm³/mol. The molecule has 0 rings (SSSR count). The number of nitrogens with two attached hydrogens (primary N) is 1. The molecule has 0 aliphatic carbocycles. The molecule has 0 radical (unpaired) electrons. The lowest BCUT2D eigenvalue weighted by atomic mass is 10.0. The third-order valence-electron chi connectivity index (χ3n) is 4.18. The average Bonchev–Trinajstić information content (AvgIpc) is 2.53. The first-order valence-electron chi connectivity index (χ1n) is 9.81. The molecule has 0 saturated heterocycles. The standard InChI is InChI=1S/C19H41NO3/c1-5-18(20)16-14-12-10-9-11-13-15-17-19(21-6-2,22-7-3)23-8-4/h18H,5-17,20H2,1-4H3. The van der Waals surface area contributed by atoms with E-state index < -0.39 is 5.97 Å². The maximum atomic E-state index is 5.93. The summed E-state index contributed by atoms with van der Waals surface area (Å²) >= 11 is 0. The van der Waals surface area contributed by atoms with Crippen LogP contribution in [-0.2, 0) is 14.2 Å². The molecule has 2 N–H and O–H groups in total. The van der Waals surface area contributed by atoms with Crippen LogP contribution in [0.1, 0.15) is 91.9 Å². The van der Waals surface area contributed by atoms with Gasteiger partial charge in [0, 0.05) is 32.3 Å². The van der Waals surface area contributed by atoms with Crippen LogP contribution >= 0.6 is 0 Å². The van der Waals surface area contributed by atoms with Gasteiger partial charge in [0.25, 0.3) is 5.97 Å². The van der Waals surface area contributed by atoms with Gasteiger partial charge < -0.3 is 19.9 Å². The molecule has 0 amide bonds. The Balaban J connectivity index is 3.73. The molecule has 0 spiro atoms. The smallest absolute Gasteiger partial charge is 0.282 e. The zero-order valence-corrected chi connectivity index (χ0v) is 16.1. The Morgan fingerprint density at radius 2 is 1.13 bits per heavy atom. The number of unbranched alkanes of at least 4 members (excludes halogenated alkanes) is 6. The van der Waals surface area contributed by atoms with Crippen molar-refractivity contribution in [1.82, 2.24) is 0 Å². The lowest BCUT2D eigenvalue weighted by Gasteiger charge is -2.32. The Labute approximate surface area is 144 Å². The maximum Gasteiger partial charge on any atom is 0.282 e. The maximum absolute atomic E-state index is 5.93. The van der Waals surface area contributed by atoms with E-state index in [0.717, 1.165) is 19.3 Å². The second kappa shape index (κ2) is 15.4. The fourth-order valence-electron chi connectivity index (χ4n) is 2.84. The van der Waals surface area contributed by atoms with Gasteiger partial charge in [-0.15, -0.1) is 0 Å². The van der Waals surface area contributed by atoms with Gasteiger partial charge >= 0.3 is 0 Å². The van der Waals surface area contributed by atoms with Crippen LogP contribution in [0, 0.1) is 0 Å². The lowest BCUT2D eigenvalue weighted by molar-refractivity contribution is -0.380. The molecule has 4 nitrogen and oxygen atoms in total. The summed E-state index contributed by atoms with van der Waals surface area (Å²) in [6.07, 6.45) is 11.9. The van der Waals surface area contributed by atoms with Crippen LogP contribution < -0.4 is 5.73 Å². The van der Waals surface area contributed by atoms with Crippen LogP contribution in [0.4, 0.5) is 0 Å². The Morgan fingerprint density at radius 1 is 0.696 bits per heavy atom. The highest BCUT2D eigenvalue weighted by Gasteiger charge is 2.31. The minimum atomic E-state index is -0.825. The van der Waals surface area contributed by atoms with Gasteiger partial charge in [-0.25, -0.2) is 0 Å². The monoisotopic (exact) mass is 331 g/mol. The van der Waals surface area contributed by atoms with E-state index in [2.05, 4.69) is 6.92 Å². The first-order chi connectivity index (χ1) is 11.1. The van der Waals surface area contributed by atoms with Crippen molar-refractivity contribution in [3.8, 4) is 0 Å². The van der Waals surface area contributed by atoms with E-state index in [0.29, 0.717) is 25.9 Å². The predicted octanol–water partition coefficient (Wildman–Crippen LogP) is 5.00. The molecule has 0 bridgehead atoms. The van der Waals surface area contributed by atoms with Gasteiger partial charge in [0.15, 0.2) is 0 Å². The third kappa shape index (κ3) is 11.9. The zero-order valence-electron chi connectivity index (χ0n) is 16.1. The van der Waals surface area contributed by atoms with Crippen LogP contribution in [0.2, 0.25) is 0 Å². The molecule has 0 aliphatic rings. The largest absolute Gasteiger partial charge is 0.328 e. The Kier molecular flexibility index (Phi) is 15.3. The number of ether oxygens (including phenoxy) is 3. The number of hydrogen-bond acceptors (Lipinski definition) is 4. The fraction of sp³-hybridized carbons (Fsp3) is 1.00. The first-order valence-corrected chi connectivity index (χ1v) is 9.81. The highest BCUT2D eigenvalue weighted by Crippen LogP contribution is 2.24. The molecule has 23 heavy (non-hydrogen) atoms. The van der Waals surface area contributed by atoms with Crippen LogP contribution in [0.3, 0.4) is 0 Å². The van der Waals surface area contributed by atoms with Crippen molar-refractivity contribution in [3.63, 3.8) is 0 Å². The van der Waals surface area contributed by atoms with E-state index in [1.54, 1.807) is 0 Å². The zero-order chi connectivity index (χ0) is 17.4. The topological polar surface area (TPSA) is 53.7 Å². The van der Waals surface area contributed by atoms with Crippen molar-refractivity contribution in [2.45, 2.75) is 104 Å². The molecule has 0 saturated carbocycles. The second-order valence-corrected chi connectivity index (χ2v) is 6.16. The van der Waals surface area contributed by atoms with E-state index in [-0.39, 0.29) is 0 Å². The SMILES string of the molecule is CCOC(CCCCCCCCCC(N)CC)(OCC)OCC. The average molecular weight is 332 g/mol. The summed E-state index contributed by atoms with van der Waals surface area (Å²) in [7, 11) is 0. The lowest BCUT2D eigenvalue weighted by Crippen LogP contribution is -2.39. The van der Waals surface area contributed by atoms with Crippen LogP contribution in [0.15, 0.2) is 0 Å². The van der Waals surface area contributed by atoms with E-state index in [4.69, 9.17) is 19.9 Å². The summed E-state index contributed by atoms with van der Waals surface area (Å²) in [5, 5.41) is 0. The Bertz CT molecular complexity index is 232. The van der Waals surface area contributed by atoms with Gasteiger partial charge in [-0.1, -0.05) is 45.4 Å². The van der Waals surface area contributed by atoms with E-state index in [9.17, 15) is 0 Å². The van der Waals surface area contributed by atoms with Crippen molar-refractivity contribution in [3.05, 3.63) is 0 Å². The van der Waals surface area contributed by atoms with Crippen LogP contribution in [-0.4, -0.2) is 31.8 Å². The highest BCUT2D eigenvalue weighted by molar-refractivity contribution is 4.60. The number of rotatable bonds is 17. The molecule has 0 aliphatic heterocycles. The van der Waals surface area contributed by atoms with Crippen molar-refractivity contribution in [1.29, 1.82) is 0 Å². The van der Waals surface area contributed by atoms with Gasteiger partial charge in [0.2, 0.25) is 0 Å². The molecule has 0 fully saturated rings. The molecule has 0 heterocycles. The van der Waals surface area contributed by atoms with E-state index >= 15 is 0 Å². The summed E-state index contributed by atoms with van der Waals surface area (Å²) < 4.78 is 17.2.